The molecular formula is C21H38O2. The van der Waals surface area contributed by atoms with Crippen molar-refractivity contribution in [1.29, 1.82) is 0 Å². The Hall–Kier alpha value is -0.530. The van der Waals surface area contributed by atoms with E-state index in [0.717, 1.165) is 37.0 Å². The molecule has 1 atom stereocenters. The lowest BCUT2D eigenvalue weighted by Gasteiger charge is -2.33. The van der Waals surface area contributed by atoms with Crippen molar-refractivity contribution < 1.29 is 9.53 Å². The Bertz CT molecular complexity index is 325. The van der Waals surface area contributed by atoms with Gasteiger partial charge in [-0.1, -0.05) is 52.4 Å². The van der Waals surface area contributed by atoms with Crippen LogP contribution in [0.1, 0.15) is 104 Å². The van der Waals surface area contributed by atoms with Crippen LogP contribution in [-0.2, 0) is 9.53 Å². The van der Waals surface area contributed by atoms with Crippen molar-refractivity contribution in [2.45, 2.75) is 110 Å². The van der Waals surface area contributed by atoms with Crippen molar-refractivity contribution in [3.8, 4) is 0 Å². The standard InChI is InChI=1S/C21H38O2/c1-3-8-17-11-13-19(14-12-17)18(4-2)15-16-21(22)23-20-9-6-5-7-10-20/h17-20H,3-16H2,1-2H3. The molecule has 0 heterocycles. The van der Waals surface area contributed by atoms with Gasteiger partial charge in [-0.25, -0.2) is 0 Å². The molecule has 0 saturated heterocycles. The second-order valence-electron chi connectivity index (χ2n) is 8.03. The average Bonchev–Trinajstić information content (AvgIpc) is 2.58. The van der Waals surface area contributed by atoms with Gasteiger partial charge in [-0.3, -0.25) is 4.79 Å². The Morgan fingerprint density at radius 2 is 1.70 bits per heavy atom. The summed E-state index contributed by atoms with van der Waals surface area (Å²) >= 11 is 0. The quantitative estimate of drug-likeness (QED) is 0.492. The summed E-state index contributed by atoms with van der Waals surface area (Å²) in [6, 6.07) is 0. The summed E-state index contributed by atoms with van der Waals surface area (Å²) in [4.78, 5) is 12.1. The average molecular weight is 323 g/mol. The van der Waals surface area contributed by atoms with Gasteiger partial charge < -0.3 is 4.74 Å². The Balaban J connectivity index is 1.67. The molecule has 2 heteroatoms. The molecule has 0 aromatic carbocycles. The summed E-state index contributed by atoms with van der Waals surface area (Å²) in [5.74, 6) is 2.63. The van der Waals surface area contributed by atoms with Gasteiger partial charge in [0.2, 0.25) is 0 Å². The Kier molecular flexibility index (Phi) is 8.47. The highest BCUT2D eigenvalue weighted by Gasteiger charge is 2.27. The number of rotatable bonds is 8. The molecule has 1 unspecified atom stereocenters. The number of carbonyl (C=O) groups excluding carboxylic acids is 1. The second kappa shape index (κ2) is 10.4. The minimum atomic E-state index is 0.0648. The Labute approximate surface area is 143 Å². The minimum Gasteiger partial charge on any atom is -0.462 e. The summed E-state index contributed by atoms with van der Waals surface area (Å²) in [5, 5.41) is 0. The third-order valence-electron chi connectivity index (χ3n) is 6.35. The molecule has 0 spiro atoms. The van der Waals surface area contributed by atoms with Gasteiger partial charge in [0, 0.05) is 6.42 Å². The first-order valence-electron chi connectivity index (χ1n) is 10.4. The zero-order valence-corrected chi connectivity index (χ0v) is 15.5. The van der Waals surface area contributed by atoms with E-state index in [1.54, 1.807) is 0 Å². The predicted molar refractivity (Wildman–Crippen MR) is 96.3 cm³/mol. The van der Waals surface area contributed by atoms with E-state index in [1.165, 1.54) is 64.2 Å². The molecule has 2 rings (SSSR count). The van der Waals surface area contributed by atoms with Crippen molar-refractivity contribution >= 4 is 5.97 Å². The second-order valence-corrected chi connectivity index (χ2v) is 8.03. The summed E-state index contributed by atoms with van der Waals surface area (Å²) in [6.45, 7) is 4.61. The van der Waals surface area contributed by atoms with Gasteiger partial charge in [-0.2, -0.15) is 0 Å². The Morgan fingerprint density at radius 1 is 1.00 bits per heavy atom. The van der Waals surface area contributed by atoms with E-state index in [4.69, 9.17) is 4.74 Å². The van der Waals surface area contributed by atoms with E-state index in [2.05, 4.69) is 13.8 Å². The van der Waals surface area contributed by atoms with Gasteiger partial charge in [0.25, 0.3) is 0 Å². The van der Waals surface area contributed by atoms with Crippen LogP contribution in [0.3, 0.4) is 0 Å². The SMILES string of the molecule is CCCC1CCC(C(CC)CCC(=O)OC2CCCCC2)CC1. The van der Waals surface area contributed by atoms with E-state index in [1.807, 2.05) is 0 Å². The van der Waals surface area contributed by atoms with E-state index in [9.17, 15) is 4.79 Å². The smallest absolute Gasteiger partial charge is 0.306 e. The predicted octanol–water partition coefficient (Wildman–Crippen LogP) is 6.28. The van der Waals surface area contributed by atoms with Crippen LogP contribution in [0.2, 0.25) is 0 Å². The highest BCUT2D eigenvalue weighted by molar-refractivity contribution is 5.69. The first kappa shape index (κ1) is 18.8. The van der Waals surface area contributed by atoms with Gasteiger partial charge in [-0.15, -0.1) is 0 Å². The third-order valence-corrected chi connectivity index (χ3v) is 6.35. The molecule has 0 aliphatic heterocycles. The van der Waals surface area contributed by atoms with E-state index in [-0.39, 0.29) is 12.1 Å². The van der Waals surface area contributed by atoms with E-state index in [0.29, 0.717) is 6.42 Å². The van der Waals surface area contributed by atoms with Crippen LogP contribution in [0.15, 0.2) is 0 Å². The van der Waals surface area contributed by atoms with Crippen molar-refractivity contribution in [1.82, 2.24) is 0 Å². The lowest BCUT2D eigenvalue weighted by Crippen LogP contribution is -2.24. The molecule has 0 radical (unpaired) electrons. The zero-order chi connectivity index (χ0) is 16.5. The normalized spacial score (nSPS) is 27.6. The fraction of sp³-hybridized carbons (Fsp3) is 0.952. The molecule has 0 aromatic rings. The topological polar surface area (TPSA) is 26.3 Å². The summed E-state index contributed by atoms with van der Waals surface area (Å²) < 4.78 is 5.68. The largest absolute Gasteiger partial charge is 0.462 e. The molecule has 0 N–H and O–H groups in total. The third kappa shape index (κ3) is 6.47. The summed E-state index contributed by atoms with van der Waals surface area (Å²) in [5.41, 5.74) is 0. The molecule has 2 aliphatic rings. The number of ether oxygens (including phenoxy) is 1. The highest BCUT2D eigenvalue weighted by Crippen LogP contribution is 2.38. The van der Waals surface area contributed by atoms with Gasteiger partial charge in [0.1, 0.15) is 6.10 Å². The minimum absolute atomic E-state index is 0.0648. The first-order valence-corrected chi connectivity index (χ1v) is 10.4. The maximum Gasteiger partial charge on any atom is 0.306 e. The molecule has 0 amide bonds. The van der Waals surface area contributed by atoms with E-state index >= 15 is 0 Å². The molecule has 0 bridgehead atoms. The lowest BCUT2D eigenvalue weighted by molar-refractivity contribution is -0.151. The lowest BCUT2D eigenvalue weighted by atomic mass is 9.72. The fourth-order valence-corrected chi connectivity index (χ4v) is 4.86. The first-order chi connectivity index (χ1) is 11.2. The van der Waals surface area contributed by atoms with Crippen molar-refractivity contribution in [3.63, 3.8) is 0 Å². The summed E-state index contributed by atoms with van der Waals surface area (Å²) in [6.07, 6.45) is 17.5. The monoisotopic (exact) mass is 322 g/mol. The number of hydrogen-bond acceptors (Lipinski definition) is 2. The van der Waals surface area contributed by atoms with Crippen LogP contribution in [0.4, 0.5) is 0 Å². The van der Waals surface area contributed by atoms with Crippen LogP contribution in [0.25, 0.3) is 0 Å². The molecule has 134 valence electrons. The van der Waals surface area contributed by atoms with Gasteiger partial charge >= 0.3 is 5.97 Å². The van der Waals surface area contributed by atoms with Crippen LogP contribution in [0.5, 0.6) is 0 Å². The molecule has 2 nitrogen and oxygen atoms in total. The van der Waals surface area contributed by atoms with Crippen LogP contribution >= 0.6 is 0 Å². The molecule has 23 heavy (non-hydrogen) atoms. The van der Waals surface area contributed by atoms with Gasteiger partial charge in [-0.05, 0) is 62.7 Å². The van der Waals surface area contributed by atoms with Gasteiger partial charge in [0.05, 0.1) is 0 Å². The number of carbonyl (C=O) groups is 1. The number of esters is 1. The molecule has 2 aliphatic carbocycles. The maximum absolute atomic E-state index is 12.1. The van der Waals surface area contributed by atoms with Crippen LogP contribution in [-0.4, -0.2) is 12.1 Å². The van der Waals surface area contributed by atoms with Crippen LogP contribution < -0.4 is 0 Å². The fourth-order valence-electron chi connectivity index (χ4n) is 4.86. The molecular weight excluding hydrogens is 284 g/mol. The Morgan fingerprint density at radius 3 is 2.30 bits per heavy atom. The van der Waals surface area contributed by atoms with Gasteiger partial charge in [0.15, 0.2) is 0 Å². The molecule has 2 fully saturated rings. The van der Waals surface area contributed by atoms with Crippen molar-refractivity contribution in [3.05, 3.63) is 0 Å². The highest BCUT2D eigenvalue weighted by atomic mass is 16.5. The number of hydrogen-bond donors (Lipinski definition) is 0. The molecule has 2 saturated carbocycles. The van der Waals surface area contributed by atoms with Crippen molar-refractivity contribution in [2.75, 3.05) is 0 Å². The van der Waals surface area contributed by atoms with Crippen LogP contribution in [0, 0.1) is 17.8 Å². The maximum atomic E-state index is 12.1. The zero-order valence-electron chi connectivity index (χ0n) is 15.5. The molecule has 0 aromatic heterocycles. The summed E-state index contributed by atoms with van der Waals surface area (Å²) in [7, 11) is 0. The van der Waals surface area contributed by atoms with E-state index < -0.39 is 0 Å². The van der Waals surface area contributed by atoms with Crippen molar-refractivity contribution in [2.24, 2.45) is 17.8 Å².